The van der Waals surface area contributed by atoms with Gasteiger partial charge in [-0.05, 0) is 42.5 Å². The second-order valence-electron chi connectivity index (χ2n) is 4.42. The third kappa shape index (κ3) is 3.99. The number of imide groups is 1. The number of carbonyl (C=O) groups excluding carboxylic acids is 2. The summed E-state index contributed by atoms with van der Waals surface area (Å²) in [5.41, 5.74) is 0.504. The van der Waals surface area contributed by atoms with Crippen LogP contribution in [0.15, 0.2) is 17.0 Å². The van der Waals surface area contributed by atoms with Gasteiger partial charge in [0.25, 0.3) is 11.1 Å². The first-order valence-corrected chi connectivity index (χ1v) is 7.99. The fourth-order valence-electron chi connectivity index (χ4n) is 1.86. The fourth-order valence-corrected chi connectivity index (χ4v) is 3.37. The minimum atomic E-state index is -1.16. The molecule has 1 aromatic carbocycles. The molecule has 1 aliphatic rings. The van der Waals surface area contributed by atoms with E-state index in [0.717, 1.165) is 16.7 Å². The van der Waals surface area contributed by atoms with E-state index in [4.69, 9.17) is 33.0 Å². The van der Waals surface area contributed by atoms with Gasteiger partial charge in [0.15, 0.2) is 12.4 Å². The molecule has 2 amide bonds. The normalized spacial score (nSPS) is 16.3. The molecular weight excluding hydrogens is 365 g/mol. The molecule has 1 saturated heterocycles. The van der Waals surface area contributed by atoms with Gasteiger partial charge in [0.05, 0.1) is 15.0 Å². The molecule has 0 spiro atoms. The van der Waals surface area contributed by atoms with Gasteiger partial charge in [-0.3, -0.25) is 14.5 Å². The SMILES string of the molecule is CCN1C(=O)S/C(=C/c2cc(Cl)c(OCC(=O)O)c(Cl)c2)C1=O. The number of carboxylic acids is 1. The van der Waals surface area contributed by atoms with Gasteiger partial charge in [-0.2, -0.15) is 0 Å². The number of likely N-dealkylation sites (N-methyl/N-ethyl adjacent to an activating group) is 1. The van der Waals surface area contributed by atoms with Crippen LogP contribution in [0.1, 0.15) is 12.5 Å². The third-order valence-corrected chi connectivity index (χ3v) is 4.32. The zero-order valence-electron chi connectivity index (χ0n) is 11.8. The molecule has 2 rings (SSSR count). The number of nitrogens with zero attached hydrogens (tertiary/aromatic N) is 1. The van der Waals surface area contributed by atoms with Crippen LogP contribution in [0.3, 0.4) is 0 Å². The molecule has 0 aromatic heterocycles. The van der Waals surface area contributed by atoms with Crippen molar-refractivity contribution in [1.82, 2.24) is 4.90 Å². The van der Waals surface area contributed by atoms with Crippen molar-refractivity contribution in [1.29, 1.82) is 0 Å². The molecule has 0 unspecified atom stereocenters. The van der Waals surface area contributed by atoms with Crippen molar-refractivity contribution in [2.75, 3.05) is 13.2 Å². The lowest BCUT2D eigenvalue weighted by Gasteiger charge is -2.09. The molecule has 1 heterocycles. The monoisotopic (exact) mass is 375 g/mol. The quantitative estimate of drug-likeness (QED) is 0.792. The summed E-state index contributed by atoms with van der Waals surface area (Å²) in [6.45, 7) is 1.43. The molecule has 1 N–H and O–H groups in total. The van der Waals surface area contributed by atoms with Crippen molar-refractivity contribution in [3.05, 3.63) is 32.6 Å². The highest BCUT2D eigenvalue weighted by molar-refractivity contribution is 8.18. The van der Waals surface area contributed by atoms with Gasteiger partial charge in [0.2, 0.25) is 0 Å². The molecule has 122 valence electrons. The maximum absolute atomic E-state index is 12.0. The zero-order chi connectivity index (χ0) is 17.1. The smallest absolute Gasteiger partial charge is 0.341 e. The Morgan fingerprint density at radius 2 is 1.96 bits per heavy atom. The molecule has 9 heteroatoms. The first-order chi connectivity index (χ1) is 10.8. The Morgan fingerprint density at radius 3 is 2.43 bits per heavy atom. The first kappa shape index (κ1) is 17.7. The predicted octanol–water partition coefficient (Wildman–Crippen LogP) is 3.51. The minimum Gasteiger partial charge on any atom is -0.479 e. The van der Waals surface area contributed by atoms with Crippen molar-refractivity contribution in [2.24, 2.45) is 0 Å². The molecule has 0 radical (unpaired) electrons. The van der Waals surface area contributed by atoms with Gasteiger partial charge in [-0.15, -0.1) is 0 Å². The average molecular weight is 376 g/mol. The van der Waals surface area contributed by atoms with Crippen LogP contribution in [0.25, 0.3) is 6.08 Å². The van der Waals surface area contributed by atoms with Crippen LogP contribution in [0.5, 0.6) is 5.75 Å². The van der Waals surface area contributed by atoms with Crippen LogP contribution < -0.4 is 4.74 Å². The number of ether oxygens (including phenoxy) is 1. The Labute approximate surface area is 146 Å². The van der Waals surface area contributed by atoms with E-state index in [1.165, 1.54) is 18.2 Å². The number of thioether (sulfide) groups is 1. The largest absolute Gasteiger partial charge is 0.479 e. The molecule has 0 saturated carbocycles. The molecule has 1 aromatic rings. The van der Waals surface area contributed by atoms with Gasteiger partial charge < -0.3 is 9.84 Å². The number of hydrogen-bond acceptors (Lipinski definition) is 5. The summed E-state index contributed by atoms with van der Waals surface area (Å²) in [4.78, 5) is 35.6. The van der Waals surface area contributed by atoms with E-state index >= 15 is 0 Å². The lowest BCUT2D eigenvalue weighted by Crippen LogP contribution is -2.27. The van der Waals surface area contributed by atoms with Crippen LogP contribution in [-0.4, -0.2) is 40.3 Å². The van der Waals surface area contributed by atoms with Crippen molar-refractivity contribution in [2.45, 2.75) is 6.92 Å². The van der Waals surface area contributed by atoms with Crippen LogP contribution in [0, 0.1) is 0 Å². The van der Waals surface area contributed by atoms with Crippen molar-refractivity contribution in [3.63, 3.8) is 0 Å². The predicted molar refractivity (Wildman–Crippen MR) is 87.9 cm³/mol. The molecule has 1 aliphatic heterocycles. The number of rotatable bonds is 5. The molecule has 0 atom stereocenters. The second-order valence-corrected chi connectivity index (χ2v) is 6.23. The standard InChI is InChI=1S/C14H11Cl2NO5S/c1-2-17-13(20)10(23-14(17)21)5-7-3-8(15)12(9(16)4-7)22-6-11(18)19/h3-5H,2,6H2,1H3,(H,18,19)/b10-5+. The lowest BCUT2D eigenvalue weighted by atomic mass is 10.2. The molecular formula is C14H11Cl2NO5S. The fraction of sp³-hybridized carbons (Fsp3) is 0.214. The van der Waals surface area contributed by atoms with E-state index in [1.807, 2.05) is 0 Å². The van der Waals surface area contributed by atoms with E-state index < -0.39 is 12.6 Å². The third-order valence-electron chi connectivity index (χ3n) is 2.85. The maximum atomic E-state index is 12.0. The molecule has 0 aliphatic carbocycles. The number of halogens is 2. The van der Waals surface area contributed by atoms with Crippen LogP contribution in [-0.2, 0) is 9.59 Å². The van der Waals surface area contributed by atoms with Crippen LogP contribution in [0.2, 0.25) is 10.0 Å². The van der Waals surface area contributed by atoms with Gasteiger partial charge in [0.1, 0.15) is 0 Å². The topological polar surface area (TPSA) is 83.9 Å². The summed E-state index contributed by atoms with van der Waals surface area (Å²) >= 11 is 12.9. The van der Waals surface area contributed by atoms with E-state index in [9.17, 15) is 14.4 Å². The van der Waals surface area contributed by atoms with Gasteiger partial charge in [-0.1, -0.05) is 23.2 Å². The number of carbonyl (C=O) groups is 3. The molecule has 23 heavy (non-hydrogen) atoms. The summed E-state index contributed by atoms with van der Waals surface area (Å²) in [6, 6.07) is 2.95. The van der Waals surface area contributed by atoms with Gasteiger partial charge in [0, 0.05) is 6.54 Å². The van der Waals surface area contributed by atoms with E-state index in [2.05, 4.69) is 0 Å². The maximum Gasteiger partial charge on any atom is 0.341 e. The molecule has 0 bridgehead atoms. The van der Waals surface area contributed by atoms with E-state index in [0.29, 0.717) is 12.1 Å². The molecule has 6 nitrogen and oxygen atoms in total. The number of amides is 2. The van der Waals surface area contributed by atoms with Gasteiger partial charge >= 0.3 is 5.97 Å². The summed E-state index contributed by atoms with van der Waals surface area (Å²) in [7, 11) is 0. The average Bonchev–Trinajstić information content (AvgIpc) is 2.71. The van der Waals surface area contributed by atoms with E-state index in [-0.39, 0.29) is 31.8 Å². The van der Waals surface area contributed by atoms with Gasteiger partial charge in [-0.25, -0.2) is 4.79 Å². The minimum absolute atomic E-state index is 0.0505. The Kier molecular flexibility index (Phi) is 5.56. The van der Waals surface area contributed by atoms with E-state index in [1.54, 1.807) is 6.92 Å². The highest BCUT2D eigenvalue weighted by atomic mass is 35.5. The Morgan fingerprint density at radius 1 is 1.35 bits per heavy atom. The highest BCUT2D eigenvalue weighted by Crippen LogP contribution is 2.37. The number of benzene rings is 1. The summed E-state index contributed by atoms with van der Waals surface area (Å²) in [5, 5.41) is 8.50. The number of carboxylic acid groups (broad SMARTS) is 1. The first-order valence-electron chi connectivity index (χ1n) is 6.42. The van der Waals surface area contributed by atoms with Crippen molar-refractivity contribution >= 4 is 58.2 Å². The summed E-state index contributed by atoms with van der Waals surface area (Å²) < 4.78 is 5.01. The van der Waals surface area contributed by atoms with Crippen LogP contribution in [0.4, 0.5) is 4.79 Å². The summed E-state index contributed by atoms with van der Waals surface area (Å²) in [5.74, 6) is -1.48. The zero-order valence-corrected chi connectivity index (χ0v) is 14.2. The number of aliphatic carboxylic acids is 1. The highest BCUT2D eigenvalue weighted by Gasteiger charge is 2.33. The lowest BCUT2D eigenvalue weighted by molar-refractivity contribution is -0.139. The van der Waals surface area contributed by atoms with Crippen LogP contribution >= 0.6 is 35.0 Å². The second kappa shape index (κ2) is 7.25. The van der Waals surface area contributed by atoms with Crippen molar-refractivity contribution < 1.29 is 24.2 Å². The Balaban J connectivity index is 2.28. The number of hydrogen-bond donors (Lipinski definition) is 1. The van der Waals surface area contributed by atoms with Crippen molar-refractivity contribution in [3.8, 4) is 5.75 Å². The summed E-state index contributed by atoms with van der Waals surface area (Å²) in [6.07, 6.45) is 1.50. The Hall–Kier alpha value is -1.70. The Bertz CT molecular complexity index is 696. The molecule has 1 fully saturated rings.